The van der Waals surface area contributed by atoms with Crippen molar-refractivity contribution in [3.63, 3.8) is 0 Å². The summed E-state index contributed by atoms with van der Waals surface area (Å²) in [5, 5.41) is 0. The van der Waals surface area contributed by atoms with E-state index in [9.17, 15) is 9.59 Å². The summed E-state index contributed by atoms with van der Waals surface area (Å²) < 4.78 is 4.92. The van der Waals surface area contributed by atoms with Crippen LogP contribution in [-0.4, -0.2) is 18.4 Å². The minimum absolute atomic E-state index is 0.211. The minimum Gasteiger partial charge on any atom is -0.448 e. The highest BCUT2D eigenvalue weighted by atomic mass is 16.5. The number of Topliss-reactive ketones (excluding diaryl/α,β-unsaturated/α-hetero) is 1. The number of carbonyl (C=O) groups is 2. The van der Waals surface area contributed by atoms with E-state index in [2.05, 4.69) is 18.8 Å². The van der Waals surface area contributed by atoms with Gasteiger partial charge < -0.3 is 4.74 Å². The second-order valence-electron chi connectivity index (χ2n) is 7.66. The van der Waals surface area contributed by atoms with Crippen molar-refractivity contribution in [2.24, 2.45) is 0 Å². The average Bonchev–Trinajstić information content (AvgIpc) is 2.75. The molecule has 160 valence electrons. The van der Waals surface area contributed by atoms with Crippen LogP contribution in [0.2, 0.25) is 0 Å². The fourth-order valence-electron chi connectivity index (χ4n) is 3.24. The maximum Gasteiger partial charge on any atom is 0.384 e. The number of hydrogen-bond acceptors (Lipinski definition) is 3. The number of esters is 1. The molecule has 0 saturated carbocycles. The summed E-state index contributed by atoms with van der Waals surface area (Å²) in [7, 11) is 0. The number of carbonyl (C=O) groups excluding carboxylic acids is 2. The van der Waals surface area contributed by atoms with E-state index >= 15 is 0 Å². The molecule has 0 radical (unpaired) electrons. The Hall–Kier alpha value is -2.08. The van der Waals surface area contributed by atoms with E-state index in [1.165, 1.54) is 70.6 Å². The van der Waals surface area contributed by atoms with E-state index in [-0.39, 0.29) is 12.4 Å². The average molecular weight is 399 g/mol. The van der Waals surface area contributed by atoms with Gasteiger partial charge in [0.15, 0.2) is 12.4 Å². The van der Waals surface area contributed by atoms with Gasteiger partial charge in [0.2, 0.25) is 0 Å². The number of ether oxygens (including phenoxy) is 1. The van der Waals surface area contributed by atoms with Crippen molar-refractivity contribution in [3.8, 4) is 11.8 Å². The summed E-state index contributed by atoms with van der Waals surface area (Å²) in [6.07, 6.45) is 17.8. The molecule has 1 rings (SSSR count). The Bertz CT molecular complexity index is 610. The molecule has 0 aliphatic rings. The molecule has 1 aromatic rings. The Balaban J connectivity index is 1.90. The third kappa shape index (κ3) is 14.6. The van der Waals surface area contributed by atoms with Crippen LogP contribution < -0.4 is 0 Å². The molecule has 3 nitrogen and oxygen atoms in total. The molecule has 0 amide bonds. The van der Waals surface area contributed by atoms with Crippen LogP contribution in [0.1, 0.15) is 107 Å². The van der Waals surface area contributed by atoms with Crippen molar-refractivity contribution in [1.29, 1.82) is 0 Å². The van der Waals surface area contributed by atoms with Crippen LogP contribution in [0.4, 0.5) is 0 Å². The van der Waals surface area contributed by atoms with Gasteiger partial charge in [0, 0.05) is 17.9 Å². The minimum atomic E-state index is -0.621. The quantitative estimate of drug-likeness (QED) is 0.1000. The van der Waals surface area contributed by atoms with E-state index in [1.807, 2.05) is 6.07 Å². The van der Waals surface area contributed by atoms with Crippen LogP contribution in [0.15, 0.2) is 30.3 Å². The van der Waals surface area contributed by atoms with Gasteiger partial charge in [-0.2, -0.15) is 0 Å². The van der Waals surface area contributed by atoms with Crippen LogP contribution in [0, 0.1) is 11.8 Å². The van der Waals surface area contributed by atoms with Crippen LogP contribution in [0.25, 0.3) is 0 Å². The van der Waals surface area contributed by atoms with Crippen LogP contribution in [-0.2, 0) is 9.53 Å². The van der Waals surface area contributed by atoms with Crippen molar-refractivity contribution in [1.82, 2.24) is 0 Å². The van der Waals surface area contributed by atoms with Gasteiger partial charge in [0.25, 0.3) is 0 Å². The topological polar surface area (TPSA) is 43.4 Å². The molecule has 0 unspecified atom stereocenters. The Morgan fingerprint density at radius 3 is 1.83 bits per heavy atom. The standard InChI is InChI=1S/C26H38O3/c1-2-3-4-5-6-7-8-9-10-11-12-13-14-15-19-22-26(28)29-23-25(27)24-20-17-16-18-21-24/h16-18,20-21H,2-15,23H2,1H3. The smallest absolute Gasteiger partial charge is 0.384 e. The van der Waals surface area contributed by atoms with Crippen molar-refractivity contribution < 1.29 is 14.3 Å². The normalized spacial score (nSPS) is 10.2. The molecule has 0 aliphatic heterocycles. The number of ketones is 1. The molecule has 0 atom stereocenters. The zero-order valence-electron chi connectivity index (χ0n) is 18.2. The summed E-state index contributed by atoms with van der Waals surface area (Å²) in [6.45, 7) is 2.01. The molecule has 0 spiro atoms. The second kappa shape index (κ2) is 18.0. The highest BCUT2D eigenvalue weighted by molar-refractivity contribution is 5.99. The lowest BCUT2D eigenvalue weighted by molar-refractivity contribution is -0.135. The number of unbranched alkanes of at least 4 members (excludes halogenated alkanes) is 13. The monoisotopic (exact) mass is 398 g/mol. The van der Waals surface area contributed by atoms with Crippen LogP contribution in [0.3, 0.4) is 0 Å². The SMILES string of the molecule is CCCCCCCCCCCCCCCC#CC(=O)OCC(=O)c1ccccc1. The maximum atomic E-state index is 11.8. The van der Waals surface area contributed by atoms with Crippen molar-refractivity contribution >= 4 is 11.8 Å². The number of benzene rings is 1. The molecule has 0 fully saturated rings. The Morgan fingerprint density at radius 1 is 0.759 bits per heavy atom. The number of rotatable bonds is 16. The molecular formula is C26H38O3. The molecule has 0 aromatic heterocycles. The Labute approximate surface area is 177 Å². The van der Waals surface area contributed by atoms with E-state index in [0.717, 1.165) is 12.8 Å². The first-order valence-corrected chi connectivity index (χ1v) is 11.5. The number of hydrogen-bond donors (Lipinski definition) is 0. The summed E-state index contributed by atoms with van der Waals surface area (Å²) in [4.78, 5) is 23.4. The highest BCUT2D eigenvalue weighted by Gasteiger charge is 2.07. The van der Waals surface area contributed by atoms with E-state index in [0.29, 0.717) is 12.0 Å². The van der Waals surface area contributed by atoms with E-state index < -0.39 is 5.97 Å². The lowest BCUT2D eigenvalue weighted by Crippen LogP contribution is -2.12. The fourth-order valence-corrected chi connectivity index (χ4v) is 3.24. The summed E-state index contributed by atoms with van der Waals surface area (Å²) in [5.41, 5.74) is 0.542. The van der Waals surface area contributed by atoms with Crippen LogP contribution in [0.5, 0.6) is 0 Å². The maximum absolute atomic E-state index is 11.8. The zero-order chi connectivity index (χ0) is 21.0. The van der Waals surface area contributed by atoms with Crippen LogP contribution >= 0.6 is 0 Å². The predicted octanol–water partition coefficient (Wildman–Crippen LogP) is 6.90. The van der Waals surface area contributed by atoms with E-state index in [4.69, 9.17) is 4.74 Å². The van der Waals surface area contributed by atoms with Crippen molar-refractivity contribution in [3.05, 3.63) is 35.9 Å². The first-order chi connectivity index (χ1) is 14.2. The molecule has 29 heavy (non-hydrogen) atoms. The summed E-state index contributed by atoms with van der Waals surface area (Å²) in [6, 6.07) is 8.81. The largest absolute Gasteiger partial charge is 0.448 e. The second-order valence-corrected chi connectivity index (χ2v) is 7.66. The van der Waals surface area contributed by atoms with Crippen molar-refractivity contribution in [2.45, 2.75) is 96.8 Å². The highest BCUT2D eigenvalue weighted by Crippen LogP contribution is 2.12. The lowest BCUT2D eigenvalue weighted by atomic mass is 10.0. The fraction of sp³-hybridized carbons (Fsp3) is 0.615. The molecule has 3 heteroatoms. The third-order valence-corrected chi connectivity index (χ3v) is 5.03. The molecule has 0 heterocycles. The summed E-state index contributed by atoms with van der Waals surface area (Å²) in [5.74, 6) is 4.49. The predicted molar refractivity (Wildman–Crippen MR) is 120 cm³/mol. The molecule has 0 saturated heterocycles. The first-order valence-electron chi connectivity index (χ1n) is 11.5. The lowest BCUT2D eigenvalue weighted by Gasteiger charge is -2.02. The molecule has 1 aromatic carbocycles. The molecular weight excluding hydrogens is 360 g/mol. The van der Waals surface area contributed by atoms with Gasteiger partial charge in [0.05, 0.1) is 0 Å². The summed E-state index contributed by atoms with van der Waals surface area (Å²) >= 11 is 0. The van der Waals surface area contributed by atoms with Gasteiger partial charge in [-0.1, -0.05) is 120 Å². The Morgan fingerprint density at radius 2 is 1.28 bits per heavy atom. The van der Waals surface area contributed by atoms with Gasteiger partial charge in [-0.05, 0) is 6.42 Å². The van der Waals surface area contributed by atoms with Gasteiger partial charge in [-0.15, -0.1) is 0 Å². The van der Waals surface area contributed by atoms with Gasteiger partial charge in [-0.3, -0.25) is 4.79 Å². The molecule has 0 N–H and O–H groups in total. The molecule has 0 bridgehead atoms. The van der Waals surface area contributed by atoms with Gasteiger partial charge in [0.1, 0.15) is 0 Å². The Kier molecular flexibility index (Phi) is 15.5. The van der Waals surface area contributed by atoms with Gasteiger partial charge >= 0.3 is 5.97 Å². The zero-order valence-corrected chi connectivity index (χ0v) is 18.2. The molecule has 0 aliphatic carbocycles. The van der Waals surface area contributed by atoms with Gasteiger partial charge in [-0.25, -0.2) is 4.79 Å². The van der Waals surface area contributed by atoms with E-state index in [1.54, 1.807) is 24.3 Å². The third-order valence-electron chi connectivity index (χ3n) is 5.03. The first kappa shape index (κ1) is 25.0. The van der Waals surface area contributed by atoms with Crippen molar-refractivity contribution in [2.75, 3.05) is 6.61 Å².